The van der Waals surface area contributed by atoms with Crippen molar-refractivity contribution in [2.45, 2.75) is 6.92 Å². The van der Waals surface area contributed by atoms with E-state index in [1.165, 1.54) is 0 Å². The summed E-state index contributed by atoms with van der Waals surface area (Å²) in [4.78, 5) is 38.0. The number of carbonyl (C=O) groups excluding carboxylic acids is 3. The first-order valence-electron chi connectivity index (χ1n) is 7.80. The van der Waals surface area contributed by atoms with Crippen LogP contribution in [0.15, 0.2) is 53.4 Å². The summed E-state index contributed by atoms with van der Waals surface area (Å²) in [6, 6.07) is 14.9. The van der Waals surface area contributed by atoms with Crippen molar-refractivity contribution in [3.63, 3.8) is 0 Å². The van der Waals surface area contributed by atoms with Crippen LogP contribution in [0.2, 0.25) is 0 Å². The molecule has 132 valence electrons. The summed E-state index contributed by atoms with van der Waals surface area (Å²) < 4.78 is 1.05. The third-order valence-electron chi connectivity index (χ3n) is 3.68. The average molecular weight is 478 g/mol. The molecule has 1 saturated heterocycles. The number of imide groups is 1. The van der Waals surface area contributed by atoms with Gasteiger partial charge in [0.1, 0.15) is 6.54 Å². The minimum Gasteiger partial charge on any atom is -0.325 e. The highest BCUT2D eigenvalue weighted by Gasteiger charge is 2.36. The van der Waals surface area contributed by atoms with Gasteiger partial charge in [0.2, 0.25) is 5.91 Å². The Kier molecular flexibility index (Phi) is 5.77. The lowest BCUT2D eigenvalue weighted by Crippen LogP contribution is -2.36. The third kappa shape index (κ3) is 4.53. The average Bonchev–Trinajstić information content (AvgIpc) is 2.86. The van der Waals surface area contributed by atoms with Gasteiger partial charge in [-0.05, 0) is 77.2 Å². The Hall–Kier alpha value is -2.13. The highest BCUT2D eigenvalue weighted by molar-refractivity contribution is 14.1. The molecular weight excluding hydrogens is 463 g/mol. The van der Waals surface area contributed by atoms with E-state index < -0.39 is 17.1 Å². The first-order valence-corrected chi connectivity index (χ1v) is 9.69. The Morgan fingerprint density at radius 3 is 2.42 bits per heavy atom. The molecule has 0 radical (unpaired) electrons. The molecule has 2 aromatic carbocycles. The van der Waals surface area contributed by atoms with E-state index in [2.05, 4.69) is 27.9 Å². The highest BCUT2D eigenvalue weighted by atomic mass is 127. The molecule has 0 aliphatic carbocycles. The van der Waals surface area contributed by atoms with Crippen molar-refractivity contribution in [3.05, 3.63) is 68.1 Å². The van der Waals surface area contributed by atoms with Crippen LogP contribution in [0.4, 0.5) is 10.5 Å². The summed E-state index contributed by atoms with van der Waals surface area (Å²) in [5, 5.41) is 2.25. The van der Waals surface area contributed by atoms with Gasteiger partial charge < -0.3 is 5.32 Å². The van der Waals surface area contributed by atoms with Gasteiger partial charge in [0, 0.05) is 9.26 Å². The first-order chi connectivity index (χ1) is 12.4. The van der Waals surface area contributed by atoms with Crippen molar-refractivity contribution >= 4 is 63.2 Å². The van der Waals surface area contributed by atoms with Crippen LogP contribution in [0.25, 0.3) is 6.08 Å². The van der Waals surface area contributed by atoms with Crippen LogP contribution in [0.1, 0.15) is 11.1 Å². The van der Waals surface area contributed by atoms with Crippen molar-refractivity contribution in [2.75, 3.05) is 11.9 Å². The SMILES string of the molecule is Cc1ccc(/C=C2/SC(=O)N(CC(=O)Nc3ccc(I)cc3)C2=O)cc1. The normalized spacial score (nSPS) is 15.6. The molecule has 0 aromatic heterocycles. The van der Waals surface area contributed by atoms with E-state index in [4.69, 9.17) is 0 Å². The molecule has 5 nitrogen and oxygen atoms in total. The van der Waals surface area contributed by atoms with E-state index in [-0.39, 0.29) is 6.54 Å². The van der Waals surface area contributed by atoms with E-state index in [0.717, 1.165) is 31.4 Å². The van der Waals surface area contributed by atoms with Crippen molar-refractivity contribution in [1.82, 2.24) is 4.90 Å². The Bertz CT molecular complexity index is 892. The quantitative estimate of drug-likeness (QED) is 0.527. The molecule has 1 aliphatic rings. The number of nitrogens with zero attached hydrogens (tertiary/aromatic N) is 1. The number of rotatable bonds is 4. The molecule has 26 heavy (non-hydrogen) atoms. The number of amides is 3. The van der Waals surface area contributed by atoms with Crippen LogP contribution in [-0.4, -0.2) is 28.5 Å². The third-order valence-corrected chi connectivity index (χ3v) is 5.30. The zero-order valence-corrected chi connectivity index (χ0v) is 16.8. The molecule has 1 aliphatic heterocycles. The number of thioether (sulfide) groups is 1. The van der Waals surface area contributed by atoms with Crippen LogP contribution in [0, 0.1) is 10.5 Å². The lowest BCUT2D eigenvalue weighted by molar-refractivity contribution is -0.127. The van der Waals surface area contributed by atoms with Crippen molar-refractivity contribution < 1.29 is 14.4 Å². The molecule has 1 N–H and O–H groups in total. The zero-order valence-electron chi connectivity index (χ0n) is 13.9. The molecule has 1 fully saturated rings. The van der Waals surface area contributed by atoms with Crippen LogP contribution in [0.5, 0.6) is 0 Å². The fraction of sp³-hybridized carbons (Fsp3) is 0.105. The molecule has 0 saturated carbocycles. The van der Waals surface area contributed by atoms with Crippen molar-refractivity contribution in [1.29, 1.82) is 0 Å². The molecule has 0 spiro atoms. The number of anilines is 1. The van der Waals surface area contributed by atoms with E-state index in [1.807, 2.05) is 43.3 Å². The maximum absolute atomic E-state index is 12.5. The van der Waals surface area contributed by atoms with Gasteiger partial charge in [-0.3, -0.25) is 19.3 Å². The van der Waals surface area contributed by atoms with Gasteiger partial charge in [0.05, 0.1) is 4.91 Å². The van der Waals surface area contributed by atoms with Gasteiger partial charge in [-0.15, -0.1) is 0 Å². The molecule has 3 amide bonds. The van der Waals surface area contributed by atoms with Gasteiger partial charge in [0.15, 0.2) is 0 Å². The lowest BCUT2D eigenvalue weighted by Gasteiger charge is -2.12. The van der Waals surface area contributed by atoms with E-state index in [1.54, 1.807) is 18.2 Å². The van der Waals surface area contributed by atoms with Crippen molar-refractivity contribution in [2.24, 2.45) is 0 Å². The molecule has 2 aromatic rings. The minimum absolute atomic E-state index is 0.304. The molecular formula is C19H15IN2O3S. The zero-order chi connectivity index (χ0) is 18.7. The number of aryl methyl sites for hydroxylation is 1. The highest BCUT2D eigenvalue weighted by Crippen LogP contribution is 2.32. The van der Waals surface area contributed by atoms with E-state index in [9.17, 15) is 14.4 Å². The fourth-order valence-electron chi connectivity index (χ4n) is 2.33. The number of carbonyl (C=O) groups is 3. The van der Waals surface area contributed by atoms with Gasteiger partial charge in [0.25, 0.3) is 11.1 Å². The number of nitrogens with one attached hydrogen (secondary N) is 1. The number of benzene rings is 2. The topological polar surface area (TPSA) is 66.5 Å². The fourth-order valence-corrected chi connectivity index (χ4v) is 3.53. The summed E-state index contributed by atoms with van der Waals surface area (Å²) in [6.07, 6.45) is 1.67. The molecule has 1 heterocycles. The van der Waals surface area contributed by atoms with Gasteiger partial charge in [-0.2, -0.15) is 0 Å². The van der Waals surface area contributed by atoms with Crippen molar-refractivity contribution in [3.8, 4) is 0 Å². The lowest BCUT2D eigenvalue weighted by atomic mass is 10.1. The Morgan fingerprint density at radius 2 is 1.77 bits per heavy atom. The molecule has 0 unspecified atom stereocenters. The van der Waals surface area contributed by atoms with Gasteiger partial charge in [-0.1, -0.05) is 29.8 Å². The Balaban J connectivity index is 1.67. The largest absolute Gasteiger partial charge is 0.325 e. The monoisotopic (exact) mass is 478 g/mol. The first kappa shape index (κ1) is 18.7. The standard InChI is InChI=1S/C19H15IN2O3S/c1-12-2-4-13(5-3-12)10-16-18(24)22(19(25)26-16)11-17(23)21-15-8-6-14(20)7-9-15/h2-10H,11H2,1H3,(H,21,23)/b16-10+. The molecule has 3 rings (SSSR count). The summed E-state index contributed by atoms with van der Waals surface area (Å²) in [6.45, 7) is 1.67. The summed E-state index contributed by atoms with van der Waals surface area (Å²) in [7, 11) is 0. The van der Waals surface area contributed by atoms with Crippen LogP contribution in [-0.2, 0) is 9.59 Å². The second-order valence-corrected chi connectivity index (χ2v) is 7.97. The maximum atomic E-state index is 12.5. The number of hydrogen-bond acceptors (Lipinski definition) is 4. The number of hydrogen-bond donors (Lipinski definition) is 1. The van der Waals surface area contributed by atoms with Gasteiger partial charge in [-0.25, -0.2) is 0 Å². The van der Waals surface area contributed by atoms with E-state index >= 15 is 0 Å². The molecule has 0 bridgehead atoms. The smallest absolute Gasteiger partial charge is 0.294 e. The van der Waals surface area contributed by atoms with Crippen LogP contribution in [0.3, 0.4) is 0 Å². The predicted octanol–water partition coefficient (Wildman–Crippen LogP) is 4.27. The van der Waals surface area contributed by atoms with E-state index in [0.29, 0.717) is 10.6 Å². The van der Waals surface area contributed by atoms with Crippen LogP contribution >= 0.6 is 34.4 Å². The molecule has 7 heteroatoms. The van der Waals surface area contributed by atoms with Gasteiger partial charge >= 0.3 is 0 Å². The predicted molar refractivity (Wildman–Crippen MR) is 112 cm³/mol. The Labute approximate surface area is 169 Å². The molecule has 0 atom stereocenters. The second-order valence-electron chi connectivity index (χ2n) is 5.73. The van der Waals surface area contributed by atoms with Crippen LogP contribution < -0.4 is 5.32 Å². The Morgan fingerprint density at radius 1 is 1.12 bits per heavy atom. The summed E-state index contributed by atoms with van der Waals surface area (Å²) in [5.41, 5.74) is 2.57. The summed E-state index contributed by atoms with van der Waals surface area (Å²) >= 11 is 3.02. The minimum atomic E-state index is -0.446. The summed E-state index contributed by atoms with van der Waals surface area (Å²) in [5.74, 6) is -0.858. The maximum Gasteiger partial charge on any atom is 0.294 e. The second kappa shape index (κ2) is 8.05. The number of halogens is 1.